The van der Waals surface area contributed by atoms with Crippen molar-refractivity contribution in [3.63, 3.8) is 0 Å². The topological polar surface area (TPSA) is 78.9 Å². The minimum absolute atomic E-state index is 0.0678. The Bertz CT molecular complexity index is 1010. The molecule has 1 atom stereocenters. The van der Waals surface area contributed by atoms with Gasteiger partial charge in [-0.15, -0.1) is 0 Å². The molecular formula is C59H112O6. The highest BCUT2D eigenvalue weighted by Gasteiger charge is 2.19. The second kappa shape index (κ2) is 54.8. The summed E-state index contributed by atoms with van der Waals surface area (Å²) in [6, 6.07) is 0. The summed E-state index contributed by atoms with van der Waals surface area (Å²) in [6.45, 7) is 6.65. The Hall–Kier alpha value is -1.85. The lowest BCUT2D eigenvalue weighted by atomic mass is 10.0. The number of rotatable bonds is 54. The van der Waals surface area contributed by atoms with Crippen molar-refractivity contribution in [1.29, 1.82) is 0 Å². The first-order chi connectivity index (χ1) is 32.0. The van der Waals surface area contributed by atoms with Gasteiger partial charge in [-0.1, -0.05) is 277 Å². The van der Waals surface area contributed by atoms with E-state index in [4.69, 9.17) is 14.2 Å². The van der Waals surface area contributed by atoms with Gasteiger partial charge in [0.25, 0.3) is 0 Å². The Balaban J connectivity index is 4.15. The molecule has 0 aromatic rings. The van der Waals surface area contributed by atoms with Gasteiger partial charge in [0.05, 0.1) is 0 Å². The predicted molar refractivity (Wildman–Crippen MR) is 280 cm³/mol. The van der Waals surface area contributed by atoms with Crippen LogP contribution in [-0.4, -0.2) is 37.2 Å². The first kappa shape index (κ1) is 63.1. The van der Waals surface area contributed by atoms with E-state index < -0.39 is 6.10 Å². The van der Waals surface area contributed by atoms with Crippen molar-refractivity contribution in [1.82, 2.24) is 0 Å². The molecule has 0 saturated heterocycles. The molecule has 0 fully saturated rings. The Kier molecular flexibility index (Phi) is 53.2. The Morgan fingerprint density at radius 3 is 0.800 bits per heavy atom. The van der Waals surface area contributed by atoms with Crippen LogP contribution in [0.2, 0.25) is 0 Å². The lowest BCUT2D eigenvalue weighted by Gasteiger charge is -2.18. The maximum atomic E-state index is 12.8. The van der Waals surface area contributed by atoms with Gasteiger partial charge in [-0.05, 0) is 44.9 Å². The van der Waals surface area contributed by atoms with E-state index >= 15 is 0 Å². The van der Waals surface area contributed by atoms with Crippen LogP contribution in [0.3, 0.4) is 0 Å². The summed E-state index contributed by atoms with van der Waals surface area (Å²) >= 11 is 0. The molecule has 0 aliphatic heterocycles. The number of hydrogen-bond donors (Lipinski definition) is 0. The van der Waals surface area contributed by atoms with Crippen LogP contribution < -0.4 is 0 Å². The van der Waals surface area contributed by atoms with Crippen LogP contribution in [-0.2, 0) is 28.6 Å². The van der Waals surface area contributed by atoms with E-state index in [9.17, 15) is 14.4 Å². The van der Waals surface area contributed by atoms with Crippen molar-refractivity contribution in [2.45, 2.75) is 335 Å². The van der Waals surface area contributed by atoms with E-state index in [1.54, 1.807) is 0 Å². The van der Waals surface area contributed by atoms with Crippen LogP contribution in [0.15, 0.2) is 12.2 Å². The molecule has 0 saturated carbocycles. The van der Waals surface area contributed by atoms with E-state index in [1.807, 2.05) is 0 Å². The highest BCUT2D eigenvalue weighted by atomic mass is 16.6. The largest absolute Gasteiger partial charge is 0.462 e. The van der Waals surface area contributed by atoms with E-state index in [1.165, 1.54) is 225 Å². The molecule has 0 radical (unpaired) electrons. The standard InChI is InChI=1S/C59H112O6/c1-4-7-10-13-16-19-22-24-25-26-27-28-29-30-31-32-33-34-35-38-40-43-46-49-52-58(61)64-55-56(54-63-57(60)51-48-45-42-39-36-21-18-15-12-9-6-3)65-59(62)53-50-47-44-41-37-23-20-17-14-11-8-5-2/h17,20,56H,4-16,18-19,21-55H2,1-3H3/b20-17-. The maximum Gasteiger partial charge on any atom is 0.306 e. The van der Waals surface area contributed by atoms with Crippen molar-refractivity contribution in [2.24, 2.45) is 0 Å². The zero-order valence-corrected chi connectivity index (χ0v) is 44.0. The summed E-state index contributed by atoms with van der Waals surface area (Å²) in [5, 5.41) is 0. The minimum atomic E-state index is -0.768. The van der Waals surface area contributed by atoms with Gasteiger partial charge < -0.3 is 14.2 Å². The third-order valence-corrected chi connectivity index (χ3v) is 13.3. The van der Waals surface area contributed by atoms with Crippen molar-refractivity contribution >= 4 is 17.9 Å². The SMILES string of the molecule is CCCCC/C=C\CCCCCCCC(=O)OC(COC(=O)CCCCCCCCCCCCC)COC(=O)CCCCCCCCCCCCCCCCCCCCCCCCCC. The third-order valence-electron chi connectivity index (χ3n) is 13.3. The number of ether oxygens (including phenoxy) is 3. The number of hydrogen-bond acceptors (Lipinski definition) is 6. The number of unbranched alkanes of at least 4 members (excludes halogenated alkanes) is 41. The van der Waals surface area contributed by atoms with Crippen molar-refractivity contribution in [2.75, 3.05) is 13.2 Å². The van der Waals surface area contributed by atoms with Gasteiger partial charge in [0.15, 0.2) is 6.10 Å². The first-order valence-corrected chi connectivity index (χ1v) is 29.2. The van der Waals surface area contributed by atoms with Crippen LogP contribution in [0.1, 0.15) is 329 Å². The molecule has 1 unspecified atom stereocenters. The highest BCUT2D eigenvalue weighted by Crippen LogP contribution is 2.17. The second-order valence-corrected chi connectivity index (χ2v) is 19.9. The minimum Gasteiger partial charge on any atom is -0.462 e. The van der Waals surface area contributed by atoms with Crippen LogP contribution in [0.4, 0.5) is 0 Å². The number of esters is 3. The average Bonchev–Trinajstić information content (AvgIpc) is 3.30. The summed E-state index contributed by atoms with van der Waals surface area (Å²) in [5.41, 5.74) is 0. The van der Waals surface area contributed by atoms with Crippen LogP contribution >= 0.6 is 0 Å². The zero-order chi connectivity index (χ0) is 47.2. The van der Waals surface area contributed by atoms with E-state index in [0.29, 0.717) is 19.3 Å². The molecule has 0 aromatic heterocycles. The summed E-state index contributed by atoms with van der Waals surface area (Å²) in [6.07, 6.45) is 62.2. The first-order valence-electron chi connectivity index (χ1n) is 29.2. The smallest absolute Gasteiger partial charge is 0.306 e. The van der Waals surface area contributed by atoms with Gasteiger partial charge in [0.2, 0.25) is 0 Å². The third kappa shape index (κ3) is 53.0. The van der Waals surface area contributed by atoms with Crippen LogP contribution in [0.25, 0.3) is 0 Å². The molecule has 0 aliphatic rings. The number of carbonyl (C=O) groups is 3. The summed E-state index contributed by atoms with van der Waals surface area (Å²) < 4.78 is 16.8. The van der Waals surface area contributed by atoms with Crippen molar-refractivity contribution in [3.05, 3.63) is 12.2 Å². The molecule has 0 N–H and O–H groups in total. The molecule has 0 aliphatic carbocycles. The van der Waals surface area contributed by atoms with Gasteiger partial charge in [-0.3, -0.25) is 14.4 Å². The fourth-order valence-electron chi connectivity index (χ4n) is 8.85. The summed E-state index contributed by atoms with van der Waals surface area (Å²) in [4.78, 5) is 38.0. The molecule has 0 heterocycles. The molecule has 6 nitrogen and oxygen atoms in total. The Morgan fingerprint density at radius 1 is 0.292 bits per heavy atom. The Morgan fingerprint density at radius 2 is 0.508 bits per heavy atom. The molecule has 0 aromatic carbocycles. The molecule has 0 spiro atoms. The quantitative estimate of drug-likeness (QED) is 0.0262. The molecule has 0 bridgehead atoms. The zero-order valence-electron chi connectivity index (χ0n) is 44.0. The molecule has 384 valence electrons. The molecule has 6 heteroatoms. The fraction of sp³-hybridized carbons (Fsp3) is 0.915. The lowest BCUT2D eigenvalue weighted by molar-refractivity contribution is -0.167. The summed E-state index contributed by atoms with van der Waals surface area (Å²) in [7, 11) is 0. The maximum absolute atomic E-state index is 12.8. The number of carbonyl (C=O) groups excluding carboxylic acids is 3. The molecular weight excluding hydrogens is 805 g/mol. The van der Waals surface area contributed by atoms with Crippen molar-refractivity contribution in [3.8, 4) is 0 Å². The monoisotopic (exact) mass is 917 g/mol. The Labute approximate surface area is 405 Å². The van der Waals surface area contributed by atoms with E-state index in [-0.39, 0.29) is 31.1 Å². The van der Waals surface area contributed by atoms with Gasteiger partial charge in [-0.2, -0.15) is 0 Å². The van der Waals surface area contributed by atoms with Crippen LogP contribution in [0, 0.1) is 0 Å². The predicted octanol–water partition coefficient (Wildman–Crippen LogP) is 19.3. The van der Waals surface area contributed by atoms with Gasteiger partial charge in [0.1, 0.15) is 13.2 Å². The molecule has 0 rings (SSSR count). The average molecular weight is 918 g/mol. The normalized spacial score (nSPS) is 12.0. The van der Waals surface area contributed by atoms with Gasteiger partial charge in [0, 0.05) is 19.3 Å². The molecule has 65 heavy (non-hydrogen) atoms. The van der Waals surface area contributed by atoms with Gasteiger partial charge >= 0.3 is 17.9 Å². The van der Waals surface area contributed by atoms with E-state index in [0.717, 1.165) is 64.2 Å². The molecule has 0 amide bonds. The fourth-order valence-corrected chi connectivity index (χ4v) is 8.85. The number of allylic oxidation sites excluding steroid dienone is 2. The second-order valence-electron chi connectivity index (χ2n) is 19.9. The van der Waals surface area contributed by atoms with E-state index in [2.05, 4.69) is 32.9 Å². The van der Waals surface area contributed by atoms with Crippen molar-refractivity contribution < 1.29 is 28.6 Å². The lowest BCUT2D eigenvalue weighted by Crippen LogP contribution is -2.30. The van der Waals surface area contributed by atoms with Crippen LogP contribution in [0.5, 0.6) is 0 Å². The van der Waals surface area contributed by atoms with Gasteiger partial charge in [-0.25, -0.2) is 0 Å². The highest BCUT2D eigenvalue weighted by molar-refractivity contribution is 5.71. The summed E-state index contributed by atoms with van der Waals surface area (Å²) in [5.74, 6) is -0.857.